The summed E-state index contributed by atoms with van der Waals surface area (Å²) in [7, 11) is 0. The fraction of sp³-hybridized carbons (Fsp3) is 0.164. The minimum Gasteiger partial charge on any atom is -0.455 e. The SMILES string of the molecule is CC1(C)c2cc(N(c3ccc(C4CCCCC4)cc3)c3ccc4ccccc4c3-c3cccc4c3oc3ccccc34)ccc2-c2cccc(-c3ccccc3)c21. The third kappa shape index (κ3) is 5.46. The number of para-hydroxylation sites is 2. The van der Waals surface area contributed by atoms with Gasteiger partial charge in [-0.2, -0.15) is 0 Å². The number of fused-ring (bicyclic) bond motifs is 7. The van der Waals surface area contributed by atoms with E-state index in [0.29, 0.717) is 5.92 Å². The summed E-state index contributed by atoms with van der Waals surface area (Å²) in [5.41, 5.74) is 16.7. The van der Waals surface area contributed by atoms with Crippen molar-refractivity contribution in [3.63, 3.8) is 0 Å². The molecule has 1 heterocycles. The van der Waals surface area contributed by atoms with Crippen LogP contribution in [0.15, 0.2) is 174 Å². The summed E-state index contributed by atoms with van der Waals surface area (Å²) in [4.78, 5) is 2.51. The topological polar surface area (TPSA) is 16.4 Å². The molecule has 8 aromatic carbocycles. The Morgan fingerprint density at radius 2 is 1.21 bits per heavy atom. The lowest BCUT2D eigenvalue weighted by Crippen LogP contribution is -2.18. The van der Waals surface area contributed by atoms with Crippen molar-refractivity contribution >= 4 is 49.8 Å². The molecule has 0 atom stereocenters. The second-order valence-corrected chi connectivity index (χ2v) is 16.7. The van der Waals surface area contributed by atoms with E-state index in [2.05, 4.69) is 189 Å². The molecule has 0 unspecified atom stereocenters. The third-order valence-electron chi connectivity index (χ3n) is 13.0. The van der Waals surface area contributed by atoms with Gasteiger partial charge in [0.2, 0.25) is 0 Å². The molecule has 0 spiro atoms. The summed E-state index contributed by atoms with van der Waals surface area (Å²) in [6, 6.07) is 62.9. The van der Waals surface area contributed by atoms with Crippen LogP contribution >= 0.6 is 0 Å². The van der Waals surface area contributed by atoms with Gasteiger partial charge in [-0.05, 0) is 105 Å². The molecule has 11 rings (SSSR count). The first-order valence-corrected chi connectivity index (χ1v) is 20.7. The van der Waals surface area contributed by atoms with E-state index in [-0.39, 0.29) is 5.41 Å². The molecule has 1 aromatic heterocycles. The molecule has 0 N–H and O–H groups in total. The van der Waals surface area contributed by atoms with Gasteiger partial charge in [0.05, 0.1) is 5.69 Å². The van der Waals surface area contributed by atoms with Crippen LogP contribution in [-0.2, 0) is 5.41 Å². The van der Waals surface area contributed by atoms with Crippen LogP contribution in [0.4, 0.5) is 17.1 Å². The Balaban J connectivity index is 1.15. The summed E-state index contributed by atoms with van der Waals surface area (Å²) >= 11 is 0. The highest BCUT2D eigenvalue weighted by Gasteiger charge is 2.38. The quantitative estimate of drug-likeness (QED) is 0.169. The minimum absolute atomic E-state index is 0.213. The molecule has 2 nitrogen and oxygen atoms in total. The normalized spacial score (nSPS) is 14.9. The van der Waals surface area contributed by atoms with Crippen molar-refractivity contribution in [3.05, 3.63) is 187 Å². The maximum Gasteiger partial charge on any atom is 0.143 e. The summed E-state index contributed by atoms with van der Waals surface area (Å²) in [5, 5.41) is 4.68. The highest BCUT2D eigenvalue weighted by molar-refractivity contribution is 6.15. The highest BCUT2D eigenvalue weighted by atomic mass is 16.3. The van der Waals surface area contributed by atoms with E-state index in [4.69, 9.17) is 4.42 Å². The van der Waals surface area contributed by atoms with E-state index in [0.717, 1.165) is 44.6 Å². The monoisotopic (exact) mass is 735 g/mol. The maximum atomic E-state index is 6.77. The van der Waals surface area contributed by atoms with Crippen molar-refractivity contribution in [2.45, 2.75) is 57.3 Å². The Kier molecular flexibility index (Phi) is 7.96. The van der Waals surface area contributed by atoms with Crippen LogP contribution in [0, 0.1) is 0 Å². The zero-order valence-corrected chi connectivity index (χ0v) is 32.6. The molecule has 0 radical (unpaired) electrons. The molecule has 276 valence electrons. The van der Waals surface area contributed by atoms with E-state index in [1.165, 1.54) is 87.4 Å². The maximum absolute atomic E-state index is 6.77. The lowest BCUT2D eigenvalue weighted by molar-refractivity contribution is 0.443. The van der Waals surface area contributed by atoms with Crippen LogP contribution in [0.2, 0.25) is 0 Å². The largest absolute Gasteiger partial charge is 0.455 e. The number of hydrogen-bond donors (Lipinski definition) is 0. The predicted octanol–water partition coefficient (Wildman–Crippen LogP) is 15.9. The number of anilines is 3. The molecule has 1 saturated carbocycles. The van der Waals surface area contributed by atoms with Crippen molar-refractivity contribution in [2.24, 2.45) is 0 Å². The zero-order valence-electron chi connectivity index (χ0n) is 32.6. The first-order valence-electron chi connectivity index (χ1n) is 20.7. The van der Waals surface area contributed by atoms with Gasteiger partial charge in [0.15, 0.2) is 0 Å². The Hall–Kier alpha value is -6.38. The van der Waals surface area contributed by atoms with Gasteiger partial charge in [0.25, 0.3) is 0 Å². The molecule has 2 aliphatic carbocycles. The van der Waals surface area contributed by atoms with Gasteiger partial charge in [0, 0.05) is 38.7 Å². The van der Waals surface area contributed by atoms with Crippen molar-refractivity contribution < 1.29 is 4.42 Å². The van der Waals surface area contributed by atoms with Crippen LogP contribution in [0.5, 0.6) is 0 Å². The van der Waals surface area contributed by atoms with Gasteiger partial charge in [-0.25, -0.2) is 0 Å². The Morgan fingerprint density at radius 3 is 2.05 bits per heavy atom. The summed E-state index contributed by atoms with van der Waals surface area (Å²) in [6.07, 6.45) is 6.57. The molecular weight excluding hydrogens is 691 g/mol. The van der Waals surface area contributed by atoms with Crippen LogP contribution in [0.1, 0.15) is 68.6 Å². The molecule has 2 heteroatoms. The molecule has 1 fully saturated rings. The number of nitrogens with zero attached hydrogens (tertiary/aromatic N) is 1. The highest BCUT2D eigenvalue weighted by Crippen LogP contribution is 2.55. The second kappa shape index (κ2) is 13.4. The van der Waals surface area contributed by atoms with Crippen molar-refractivity contribution in [3.8, 4) is 33.4 Å². The van der Waals surface area contributed by atoms with Gasteiger partial charge < -0.3 is 9.32 Å². The van der Waals surface area contributed by atoms with Crippen LogP contribution in [-0.4, -0.2) is 0 Å². The zero-order chi connectivity index (χ0) is 38.1. The average Bonchev–Trinajstić information content (AvgIpc) is 3.76. The molecule has 2 aliphatic rings. The molecule has 0 amide bonds. The molecule has 0 saturated heterocycles. The van der Waals surface area contributed by atoms with Gasteiger partial charge in [-0.1, -0.05) is 167 Å². The van der Waals surface area contributed by atoms with Crippen LogP contribution in [0.3, 0.4) is 0 Å². The third-order valence-corrected chi connectivity index (χ3v) is 13.0. The number of rotatable bonds is 6. The standard InChI is InChI=1S/C55H45NO/c1-55(2)49-35-41(32-33-44(49)46-23-13-22-43(53(46)55)38-17-7-4-8-18-38)56(40-30-27-37(28-31-40)36-15-5-3-6-16-36)50-34-29-39-19-9-10-20-42(39)52(50)48-25-14-24-47-45-21-11-12-26-51(45)57-54(47)48/h4,7-14,17-36H,3,5-6,15-16H2,1-2H3. The van der Waals surface area contributed by atoms with Gasteiger partial charge >= 0.3 is 0 Å². The molecule has 0 bridgehead atoms. The Bertz CT molecular complexity index is 2960. The first-order chi connectivity index (χ1) is 28.0. The molecule has 9 aromatic rings. The van der Waals surface area contributed by atoms with E-state index in [1.807, 2.05) is 0 Å². The van der Waals surface area contributed by atoms with Gasteiger partial charge in [0.1, 0.15) is 11.2 Å². The summed E-state index contributed by atoms with van der Waals surface area (Å²) < 4.78 is 6.77. The Morgan fingerprint density at radius 1 is 0.526 bits per heavy atom. The van der Waals surface area contributed by atoms with Crippen molar-refractivity contribution in [1.82, 2.24) is 0 Å². The number of furan rings is 1. The smallest absolute Gasteiger partial charge is 0.143 e. The van der Waals surface area contributed by atoms with Crippen LogP contribution < -0.4 is 4.90 Å². The second-order valence-electron chi connectivity index (χ2n) is 16.7. The predicted molar refractivity (Wildman–Crippen MR) is 240 cm³/mol. The van der Waals surface area contributed by atoms with Crippen LogP contribution in [0.25, 0.3) is 66.1 Å². The fourth-order valence-electron chi connectivity index (χ4n) is 10.3. The minimum atomic E-state index is -0.213. The molecular formula is C55H45NO. The van der Waals surface area contributed by atoms with E-state index in [1.54, 1.807) is 0 Å². The van der Waals surface area contributed by atoms with Crippen molar-refractivity contribution in [2.75, 3.05) is 4.90 Å². The lowest BCUT2D eigenvalue weighted by atomic mass is 9.78. The summed E-state index contributed by atoms with van der Waals surface area (Å²) in [6.45, 7) is 4.81. The molecule has 0 aliphatic heterocycles. The van der Waals surface area contributed by atoms with Crippen molar-refractivity contribution in [1.29, 1.82) is 0 Å². The number of hydrogen-bond acceptors (Lipinski definition) is 2. The fourth-order valence-corrected chi connectivity index (χ4v) is 10.3. The van der Waals surface area contributed by atoms with E-state index in [9.17, 15) is 0 Å². The van der Waals surface area contributed by atoms with E-state index >= 15 is 0 Å². The van der Waals surface area contributed by atoms with E-state index < -0.39 is 0 Å². The molecule has 57 heavy (non-hydrogen) atoms. The first kappa shape index (κ1) is 33.9. The van der Waals surface area contributed by atoms with Gasteiger partial charge in [-0.3, -0.25) is 0 Å². The average molecular weight is 736 g/mol. The lowest BCUT2D eigenvalue weighted by Gasteiger charge is -2.31. The summed E-state index contributed by atoms with van der Waals surface area (Å²) in [5.74, 6) is 0.640. The van der Waals surface area contributed by atoms with Gasteiger partial charge in [-0.15, -0.1) is 0 Å². The Labute approximate surface area is 335 Å². The number of benzene rings is 8.